The molecule has 0 N–H and O–H groups in total. The quantitative estimate of drug-likeness (QED) is 0.646. The van der Waals surface area contributed by atoms with E-state index in [2.05, 4.69) is 28.6 Å². The zero-order chi connectivity index (χ0) is 10.3. The van der Waals surface area contributed by atoms with Crippen LogP contribution in [-0.2, 0) is 4.79 Å². The average molecular weight is 245 g/mol. The predicted octanol–water partition coefficient (Wildman–Crippen LogP) is 3.99. The third-order valence-electron chi connectivity index (χ3n) is 1.65. The Morgan fingerprint density at radius 1 is 1.31 bits per heavy atom. The number of carbonyl (C=O) groups is 1. The SMILES string of the molecule is C=C(C)CC/C(Br)=C/CCC(C)=O. The van der Waals surface area contributed by atoms with Gasteiger partial charge in [0.05, 0.1) is 0 Å². The van der Waals surface area contributed by atoms with Gasteiger partial charge in [-0.05, 0) is 37.6 Å². The fourth-order valence-corrected chi connectivity index (χ4v) is 1.29. The smallest absolute Gasteiger partial charge is 0.130 e. The maximum Gasteiger partial charge on any atom is 0.130 e. The summed E-state index contributed by atoms with van der Waals surface area (Å²) in [5, 5.41) is 0. The van der Waals surface area contributed by atoms with Crippen LogP contribution in [0.1, 0.15) is 39.5 Å². The van der Waals surface area contributed by atoms with Crippen molar-refractivity contribution < 1.29 is 4.79 Å². The maximum absolute atomic E-state index is 10.6. The van der Waals surface area contributed by atoms with Gasteiger partial charge in [0, 0.05) is 6.42 Å². The third kappa shape index (κ3) is 9.54. The van der Waals surface area contributed by atoms with E-state index in [1.165, 1.54) is 10.1 Å². The van der Waals surface area contributed by atoms with Crippen LogP contribution in [0, 0.1) is 0 Å². The molecule has 0 rings (SSSR count). The highest BCUT2D eigenvalue weighted by molar-refractivity contribution is 9.11. The summed E-state index contributed by atoms with van der Waals surface area (Å²) in [5.41, 5.74) is 1.19. The fourth-order valence-electron chi connectivity index (χ4n) is 0.867. The second-order valence-electron chi connectivity index (χ2n) is 3.35. The molecule has 0 unspecified atom stereocenters. The van der Waals surface area contributed by atoms with Gasteiger partial charge in [-0.1, -0.05) is 27.6 Å². The van der Waals surface area contributed by atoms with Crippen LogP contribution in [-0.4, -0.2) is 5.78 Å². The zero-order valence-electron chi connectivity index (χ0n) is 8.40. The lowest BCUT2D eigenvalue weighted by molar-refractivity contribution is -0.116. The number of halogens is 1. The van der Waals surface area contributed by atoms with Crippen LogP contribution in [0.15, 0.2) is 22.7 Å². The molecule has 0 aliphatic rings. The Balaban J connectivity index is 3.63. The molecule has 0 spiro atoms. The van der Waals surface area contributed by atoms with Crippen molar-refractivity contribution in [2.75, 3.05) is 0 Å². The number of rotatable bonds is 6. The Morgan fingerprint density at radius 3 is 2.38 bits per heavy atom. The molecule has 13 heavy (non-hydrogen) atoms. The van der Waals surface area contributed by atoms with Gasteiger partial charge in [0.15, 0.2) is 0 Å². The van der Waals surface area contributed by atoms with Crippen molar-refractivity contribution in [1.82, 2.24) is 0 Å². The highest BCUT2D eigenvalue weighted by atomic mass is 79.9. The van der Waals surface area contributed by atoms with Gasteiger partial charge in [-0.3, -0.25) is 0 Å². The van der Waals surface area contributed by atoms with Crippen LogP contribution in [0.4, 0.5) is 0 Å². The first-order valence-electron chi connectivity index (χ1n) is 4.50. The maximum atomic E-state index is 10.6. The summed E-state index contributed by atoms with van der Waals surface area (Å²) in [6.45, 7) is 7.48. The summed E-state index contributed by atoms with van der Waals surface area (Å²) in [6, 6.07) is 0. The number of Topliss-reactive ketones (excluding diaryl/α,β-unsaturated/α-hetero) is 1. The predicted molar refractivity (Wildman–Crippen MR) is 61.0 cm³/mol. The van der Waals surface area contributed by atoms with Gasteiger partial charge < -0.3 is 4.79 Å². The Bertz CT molecular complexity index is 216. The lowest BCUT2D eigenvalue weighted by Gasteiger charge is -1.98. The van der Waals surface area contributed by atoms with Gasteiger partial charge in [-0.15, -0.1) is 6.58 Å². The number of ketones is 1. The minimum atomic E-state index is 0.247. The van der Waals surface area contributed by atoms with Crippen LogP contribution in [0.3, 0.4) is 0 Å². The Hall–Kier alpha value is -0.370. The van der Waals surface area contributed by atoms with E-state index in [1.54, 1.807) is 6.92 Å². The first kappa shape index (κ1) is 12.6. The first-order chi connectivity index (χ1) is 6.02. The molecular weight excluding hydrogens is 228 g/mol. The molecule has 1 nitrogen and oxygen atoms in total. The summed E-state index contributed by atoms with van der Waals surface area (Å²) in [5.74, 6) is 0.247. The fraction of sp³-hybridized carbons (Fsp3) is 0.545. The van der Waals surface area contributed by atoms with Crippen molar-refractivity contribution in [1.29, 1.82) is 0 Å². The van der Waals surface area contributed by atoms with Crippen molar-refractivity contribution in [3.05, 3.63) is 22.7 Å². The molecule has 0 saturated carbocycles. The number of hydrogen-bond donors (Lipinski definition) is 0. The number of carbonyl (C=O) groups excluding carboxylic acids is 1. The normalized spacial score (nSPS) is 11.5. The third-order valence-corrected chi connectivity index (χ3v) is 2.37. The second kappa shape index (κ2) is 7.07. The topological polar surface area (TPSA) is 17.1 Å². The number of allylic oxidation sites excluding steroid dienone is 3. The molecule has 0 heterocycles. The van der Waals surface area contributed by atoms with Gasteiger partial charge in [0.1, 0.15) is 5.78 Å². The van der Waals surface area contributed by atoms with Crippen molar-refractivity contribution in [2.24, 2.45) is 0 Å². The van der Waals surface area contributed by atoms with Crippen molar-refractivity contribution in [3.8, 4) is 0 Å². The average Bonchev–Trinajstić information content (AvgIpc) is 2.00. The molecule has 0 fully saturated rings. The standard InChI is InChI=1S/C11H17BrO/c1-9(2)7-8-11(12)6-4-5-10(3)13/h6H,1,4-5,7-8H2,2-3H3/b11-6-. The van der Waals surface area contributed by atoms with Crippen molar-refractivity contribution in [2.45, 2.75) is 39.5 Å². The molecule has 0 aromatic rings. The van der Waals surface area contributed by atoms with Crippen LogP contribution in [0.2, 0.25) is 0 Å². The molecule has 0 aliphatic heterocycles. The van der Waals surface area contributed by atoms with E-state index in [-0.39, 0.29) is 5.78 Å². The molecule has 0 atom stereocenters. The largest absolute Gasteiger partial charge is 0.300 e. The van der Waals surface area contributed by atoms with E-state index in [0.717, 1.165) is 19.3 Å². The Labute approximate surface area is 89.0 Å². The number of hydrogen-bond acceptors (Lipinski definition) is 1. The molecule has 0 saturated heterocycles. The summed E-state index contributed by atoms with van der Waals surface area (Å²) >= 11 is 3.47. The van der Waals surface area contributed by atoms with E-state index in [9.17, 15) is 4.79 Å². The van der Waals surface area contributed by atoms with Gasteiger partial charge in [-0.2, -0.15) is 0 Å². The van der Waals surface area contributed by atoms with Crippen molar-refractivity contribution in [3.63, 3.8) is 0 Å². The van der Waals surface area contributed by atoms with E-state index < -0.39 is 0 Å². The Kier molecular flexibility index (Phi) is 6.87. The zero-order valence-corrected chi connectivity index (χ0v) is 9.99. The lowest BCUT2D eigenvalue weighted by Crippen LogP contribution is -1.87. The van der Waals surface area contributed by atoms with E-state index >= 15 is 0 Å². The molecule has 74 valence electrons. The molecule has 0 radical (unpaired) electrons. The minimum Gasteiger partial charge on any atom is -0.300 e. The van der Waals surface area contributed by atoms with Gasteiger partial charge in [-0.25, -0.2) is 0 Å². The van der Waals surface area contributed by atoms with E-state index in [4.69, 9.17) is 0 Å². The molecule has 0 bridgehead atoms. The summed E-state index contributed by atoms with van der Waals surface area (Å²) < 4.78 is 1.18. The molecule has 0 aromatic heterocycles. The Morgan fingerprint density at radius 2 is 1.92 bits per heavy atom. The van der Waals surface area contributed by atoms with E-state index in [0.29, 0.717) is 6.42 Å². The van der Waals surface area contributed by atoms with Crippen LogP contribution in [0.5, 0.6) is 0 Å². The van der Waals surface area contributed by atoms with Crippen LogP contribution >= 0.6 is 15.9 Å². The summed E-state index contributed by atoms with van der Waals surface area (Å²) in [7, 11) is 0. The molecule has 2 heteroatoms. The minimum absolute atomic E-state index is 0.247. The van der Waals surface area contributed by atoms with Gasteiger partial charge >= 0.3 is 0 Å². The van der Waals surface area contributed by atoms with Gasteiger partial charge in [0.25, 0.3) is 0 Å². The van der Waals surface area contributed by atoms with Crippen molar-refractivity contribution >= 4 is 21.7 Å². The second-order valence-corrected chi connectivity index (χ2v) is 4.37. The van der Waals surface area contributed by atoms with Crippen LogP contribution < -0.4 is 0 Å². The molecule has 0 aliphatic carbocycles. The molecule has 0 aromatic carbocycles. The van der Waals surface area contributed by atoms with Crippen LogP contribution in [0.25, 0.3) is 0 Å². The highest BCUT2D eigenvalue weighted by Crippen LogP contribution is 2.16. The lowest BCUT2D eigenvalue weighted by atomic mass is 10.1. The first-order valence-corrected chi connectivity index (χ1v) is 5.30. The molecular formula is C11H17BrO. The highest BCUT2D eigenvalue weighted by Gasteiger charge is 1.94. The van der Waals surface area contributed by atoms with Gasteiger partial charge in [0.2, 0.25) is 0 Å². The van der Waals surface area contributed by atoms with E-state index in [1.807, 2.05) is 6.92 Å². The summed E-state index contributed by atoms with van der Waals surface area (Å²) in [4.78, 5) is 10.6. The molecule has 0 amide bonds. The monoisotopic (exact) mass is 244 g/mol. The summed E-state index contributed by atoms with van der Waals surface area (Å²) in [6.07, 6.45) is 5.56.